The highest BCUT2D eigenvalue weighted by atomic mass is 16.5. The average molecular weight is 353 g/mol. The van der Waals surface area contributed by atoms with Crippen LogP contribution in [-0.2, 0) is 0 Å². The van der Waals surface area contributed by atoms with Gasteiger partial charge in [-0.1, -0.05) is 11.2 Å². The quantitative estimate of drug-likeness (QED) is 0.848. The van der Waals surface area contributed by atoms with Gasteiger partial charge in [0.15, 0.2) is 11.5 Å². The Kier molecular flexibility index (Phi) is 4.65. The van der Waals surface area contributed by atoms with E-state index in [1.165, 1.54) is 11.3 Å². The molecular formula is C20H23N3O3. The van der Waals surface area contributed by atoms with Gasteiger partial charge >= 0.3 is 0 Å². The van der Waals surface area contributed by atoms with Gasteiger partial charge in [0.2, 0.25) is 5.82 Å². The van der Waals surface area contributed by atoms with Crippen molar-refractivity contribution in [2.75, 3.05) is 19.8 Å². The summed E-state index contributed by atoms with van der Waals surface area (Å²) in [6, 6.07) is 5.69. The molecule has 0 amide bonds. The van der Waals surface area contributed by atoms with Crippen LogP contribution in [0.15, 0.2) is 40.1 Å². The number of ether oxygens (including phenoxy) is 2. The van der Waals surface area contributed by atoms with Gasteiger partial charge in [-0.15, -0.1) is 0 Å². The molecule has 2 aliphatic rings. The molecule has 26 heavy (non-hydrogen) atoms. The fourth-order valence-electron chi connectivity index (χ4n) is 3.48. The molecule has 0 atom stereocenters. The number of aromatic nitrogens is 2. The predicted molar refractivity (Wildman–Crippen MR) is 98.9 cm³/mol. The predicted octanol–water partition coefficient (Wildman–Crippen LogP) is 3.96. The normalized spacial score (nSPS) is 16.2. The van der Waals surface area contributed by atoms with Crippen molar-refractivity contribution in [3.05, 3.63) is 41.4 Å². The fourth-order valence-corrected chi connectivity index (χ4v) is 3.48. The van der Waals surface area contributed by atoms with E-state index in [9.17, 15) is 0 Å². The zero-order chi connectivity index (χ0) is 17.9. The van der Waals surface area contributed by atoms with E-state index in [1.54, 1.807) is 0 Å². The lowest BCUT2D eigenvalue weighted by molar-refractivity contribution is 0.288. The Morgan fingerprint density at radius 2 is 1.96 bits per heavy atom. The van der Waals surface area contributed by atoms with Crippen LogP contribution < -0.4 is 14.8 Å². The number of nitrogens with one attached hydrogen (secondary N) is 1. The van der Waals surface area contributed by atoms with Crippen molar-refractivity contribution in [3.8, 4) is 23.0 Å². The van der Waals surface area contributed by atoms with Gasteiger partial charge in [0.05, 0.1) is 13.2 Å². The minimum absolute atomic E-state index is 0.489. The molecule has 1 aromatic heterocycles. The lowest BCUT2D eigenvalue weighted by atomic mass is 9.94. The highest BCUT2D eigenvalue weighted by molar-refractivity contribution is 5.78. The van der Waals surface area contributed by atoms with E-state index in [-0.39, 0.29) is 0 Å². The second-order valence-electron chi connectivity index (χ2n) is 6.24. The number of rotatable bonds is 6. The van der Waals surface area contributed by atoms with Crippen molar-refractivity contribution in [2.24, 2.45) is 0 Å². The minimum Gasteiger partial charge on any atom is -0.490 e. The molecule has 6 heteroatoms. The second-order valence-corrected chi connectivity index (χ2v) is 6.24. The largest absolute Gasteiger partial charge is 0.490 e. The molecule has 1 aliphatic heterocycles. The summed E-state index contributed by atoms with van der Waals surface area (Å²) in [6.07, 6.45) is 5.30. The SMILES string of the molecule is CCOc1ccc(-c2nc(C3=CCCC4=C3CCN4)no2)cc1OCC. The molecule has 0 bridgehead atoms. The monoisotopic (exact) mass is 353 g/mol. The summed E-state index contributed by atoms with van der Waals surface area (Å²) in [4.78, 5) is 4.64. The number of hydrogen-bond donors (Lipinski definition) is 1. The van der Waals surface area contributed by atoms with Crippen LogP contribution in [0.5, 0.6) is 11.5 Å². The first-order valence-electron chi connectivity index (χ1n) is 9.20. The first kappa shape index (κ1) is 16.7. The Morgan fingerprint density at radius 3 is 2.81 bits per heavy atom. The first-order valence-corrected chi connectivity index (χ1v) is 9.20. The molecule has 2 heterocycles. The van der Waals surface area contributed by atoms with Crippen LogP contribution in [-0.4, -0.2) is 29.9 Å². The molecule has 1 aromatic carbocycles. The third kappa shape index (κ3) is 3.07. The number of hydrogen-bond acceptors (Lipinski definition) is 6. The molecule has 0 saturated heterocycles. The molecular weight excluding hydrogens is 330 g/mol. The van der Waals surface area contributed by atoms with Gasteiger partial charge in [-0.3, -0.25) is 0 Å². The number of nitrogens with zero attached hydrogens (tertiary/aromatic N) is 2. The number of allylic oxidation sites excluding steroid dienone is 3. The van der Waals surface area contributed by atoms with Crippen LogP contribution in [0.2, 0.25) is 0 Å². The van der Waals surface area contributed by atoms with E-state index in [1.807, 2.05) is 32.0 Å². The van der Waals surface area contributed by atoms with Crippen LogP contribution in [0.3, 0.4) is 0 Å². The summed E-state index contributed by atoms with van der Waals surface area (Å²) < 4.78 is 16.8. The molecule has 4 rings (SSSR count). The maximum Gasteiger partial charge on any atom is 0.258 e. The van der Waals surface area contributed by atoms with Gasteiger partial charge in [-0.05, 0) is 56.9 Å². The zero-order valence-corrected chi connectivity index (χ0v) is 15.2. The summed E-state index contributed by atoms with van der Waals surface area (Å²) in [5.41, 5.74) is 4.58. The second kappa shape index (κ2) is 7.23. The molecule has 0 spiro atoms. The lowest BCUT2D eigenvalue weighted by Crippen LogP contribution is -2.08. The Bertz CT molecular complexity index is 867. The third-order valence-electron chi connectivity index (χ3n) is 4.60. The molecule has 6 nitrogen and oxygen atoms in total. The first-order chi connectivity index (χ1) is 12.8. The van der Waals surface area contributed by atoms with Crippen LogP contribution in [0, 0.1) is 0 Å². The summed E-state index contributed by atoms with van der Waals surface area (Å²) >= 11 is 0. The molecule has 0 radical (unpaired) electrons. The van der Waals surface area contributed by atoms with E-state index in [0.29, 0.717) is 30.7 Å². The molecule has 1 aliphatic carbocycles. The Hall–Kier alpha value is -2.76. The molecule has 0 saturated carbocycles. The summed E-state index contributed by atoms with van der Waals surface area (Å²) in [5, 5.41) is 7.68. The van der Waals surface area contributed by atoms with E-state index in [2.05, 4.69) is 21.5 Å². The van der Waals surface area contributed by atoms with E-state index in [4.69, 9.17) is 14.0 Å². The van der Waals surface area contributed by atoms with Crippen molar-refractivity contribution in [3.63, 3.8) is 0 Å². The maximum absolute atomic E-state index is 5.69. The van der Waals surface area contributed by atoms with Gasteiger partial charge in [0, 0.05) is 23.4 Å². The lowest BCUT2D eigenvalue weighted by Gasteiger charge is -2.13. The number of benzene rings is 1. The van der Waals surface area contributed by atoms with Crippen molar-refractivity contribution in [1.29, 1.82) is 0 Å². The van der Waals surface area contributed by atoms with Gasteiger partial charge < -0.3 is 19.3 Å². The molecule has 1 N–H and O–H groups in total. The molecule has 0 fully saturated rings. The van der Waals surface area contributed by atoms with Crippen molar-refractivity contribution in [2.45, 2.75) is 33.1 Å². The van der Waals surface area contributed by atoms with Crippen LogP contribution in [0.4, 0.5) is 0 Å². The van der Waals surface area contributed by atoms with Crippen molar-refractivity contribution in [1.82, 2.24) is 15.5 Å². The fraction of sp³-hybridized carbons (Fsp3) is 0.400. The highest BCUT2D eigenvalue weighted by Gasteiger charge is 2.25. The molecule has 0 unspecified atom stereocenters. The Morgan fingerprint density at radius 1 is 1.12 bits per heavy atom. The van der Waals surface area contributed by atoms with Gasteiger partial charge in [-0.25, -0.2) is 0 Å². The van der Waals surface area contributed by atoms with Crippen LogP contribution in [0.25, 0.3) is 17.0 Å². The topological polar surface area (TPSA) is 69.4 Å². The standard InChI is InChI=1S/C20H23N3O3/c1-3-24-17-9-8-13(12-18(17)25-4-2)20-22-19(23-26-20)15-6-5-7-16-14(15)10-11-21-16/h6,8-9,12,21H,3-5,7,10-11H2,1-2H3. The smallest absolute Gasteiger partial charge is 0.258 e. The average Bonchev–Trinajstić information content (AvgIpc) is 3.33. The van der Waals surface area contributed by atoms with Gasteiger partial charge in [-0.2, -0.15) is 4.98 Å². The summed E-state index contributed by atoms with van der Waals surface area (Å²) in [5.74, 6) is 2.56. The van der Waals surface area contributed by atoms with Gasteiger partial charge in [0.25, 0.3) is 5.89 Å². The van der Waals surface area contributed by atoms with Crippen LogP contribution in [0.1, 0.15) is 38.9 Å². The molecule has 136 valence electrons. The van der Waals surface area contributed by atoms with E-state index in [0.717, 1.165) is 42.7 Å². The highest BCUT2D eigenvalue weighted by Crippen LogP contribution is 2.36. The van der Waals surface area contributed by atoms with Crippen molar-refractivity contribution < 1.29 is 14.0 Å². The van der Waals surface area contributed by atoms with E-state index >= 15 is 0 Å². The Labute approximate surface area is 152 Å². The van der Waals surface area contributed by atoms with E-state index < -0.39 is 0 Å². The van der Waals surface area contributed by atoms with Gasteiger partial charge in [0.1, 0.15) is 0 Å². The molecule has 2 aromatic rings. The summed E-state index contributed by atoms with van der Waals surface area (Å²) in [6.45, 7) is 6.04. The third-order valence-corrected chi connectivity index (χ3v) is 4.60. The summed E-state index contributed by atoms with van der Waals surface area (Å²) in [7, 11) is 0. The Balaban J connectivity index is 1.64. The van der Waals surface area contributed by atoms with Crippen molar-refractivity contribution >= 4 is 5.57 Å². The maximum atomic E-state index is 5.69. The van der Waals surface area contributed by atoms with Crippen LogP contribution >= 0.6 is 0 Å². The zero-order valence-electron chi connectivity index (χ0n) is 15.2. The minimum atomic E-state index is 0.489.